The second kappa shape index (κ2) is 7.77. The maximum absolute atomic E-state index is 12.0. The number of carbonyl (C=O) groups excluding carboxylic acids is 2. The molecule has 0 unspecified atom stereocenters. The minimum Gasteiger partial charge on any atom is -0.343 e. The normalized spacial score (nSPS) is 12.9. The van der Waals surface area contributed by atoms with Crippen LogP contribution in [0, 0.1) is 0 Å². The molecular weight excluding hydrogens is 302 g/mol. The van der Waals surface area contributed by atoms with E-state index in [0.717, 1.165) is 10.8 Å². The van der Waals surface area contributed by atoms with Crippen molar-refractivity contribution in [2.45, 2.75) is 25.9 Å². The summed E-state index contributed by atoms with van der Waals surface area (Å²) in [6.07, 6.45) is 0. The molecule has 2 amide bonds. The largest absolute Gasteiger partial charge is 0.343 e. The van der Waals surface area contributed by atoms with Crippen molar-refractivity contribution in [1.29, 1.82) is 0 Å². The van der Waals surface area contributed by atoms with Crippen molar-refractivity contribution >= 4 is 40.7 Å². The quantitative estimate of drug-likeness (QED) is 0.805. The average molecular weight is 322 g/mol. The minimum absolute atomic E-state index is 0. The summed E-state index contributed by atoms with van der Waals surface area (Å²) in [5.41, 5.74) is 6.15. The van der Waals surface area contributed by atoms with Gasteiger partial charge in [-0.1, -0.05) is 30.3 Å². The van der Waals surface area contributed by atoms with Gasteiger partial charge in [-0.15, -0.1) is 12.4 Å². The molecule has 2 aromatic rings. The summed E-state index contributed by atoms with van der Waals surface area (Å²) in [6.45, 7) is 3.19. The van der Waals surface area contributed by atoms with Crippen LogP contribution in [0.2, 0.25) is 0 Å². The van der Waals surface area contributed by atoms with E-state index in [9.17, 15) is 9.59 Å². The Morgan fingerprint density at radius 2 is 1.64 bits per heavy atom. The number of anilines is 1. The maximum Gasteiger partial charge on any atom is 0.246 e. The number of hydrogen-bond donors (Lipinski definition) is 3. The van der Waals surface area contributed by atoms with Crippen molar-refractivity contribution in [2.75, 3.05) is 5.32 Å². The first-order valence-corrected chi connectivity index (χ1v) is 6.83. The van der Waals surface area contributed by atoms with Crippen molar-refractivity contribution in [2.24, 2.45) is 5.73 Å². The Kier molecular flexibility index (Phi) is 6.34. The molecule has 0 aromatic heterocycles. The summed E-state index contributed by atoms with van der Waals surface area (Å²) in [5.74, 6) is -0.629. The first kappa shape index (κ1) is 17.9. The van der Waals surface area contributed by atoms with Gasteiger partial charge in [0.25, 0.3) is 0 Å². The Bertz CT molecular complexity index is 673. The van der Waals surface area contributed by atoms with Gasteiger partial charge in [-0.3, -0.25) is 9.59 Å². The summed E-state index contributed by atoms with van der Waals surface area (Å²) >= 11 is 0. The van der Waals surface area contributed by atoms with Gasteiger partial charge in [-0.25, -0.2) is 0 Å². The molecule has 0 saturated heterocycles. The summed E-state index contributed by atoms with van der Waals surface area (Å²) in [6, 6.07) is 12.3. The van der Waals surface area contributed by atoms with Crippen molar-refractivity contribution in [3.8, 4) is 0 Å². The highest BCUT2D eigenvalue weighted by molar-refractivity contribution is 5.99. The fourth-order valence-electron chi connectivity index (χ4n) is 1.93. The SMILES string of the molecule is C[C@@H](N)C(=O)N[C@H](C)C(=O)Nc1ccc2ccccc2c1.Cl. The smallest absolute Gasteiger partial charge is 0.246 e. The first-order chi connectivity index (χ1) is 9.97. The topological polar surface area (TPSA) is 84.2 Å². The summed E-state index contributed by atoms with van der Waals surface area (Å²) in [7, 11) is 0. The monoisotopic (exact) mass is 321 g/mol. The third kappa shape index (κ3) is 4.44. The molecule has 0 heterocycles. The van der Waals surface area contributed by atoms with Crippen LogP contribution in [0.1, 0.15) is 13.8 Å². The molecule has 118 valence electrons. The van der Waals surface area contributed by atoms with Crippen LogP contribution in [0.5, 0.6) is 0 Å². The lowest BCUT2D eigenvalue weighted by atomic mass is 10.1. The number of hydrogen-bond acceptors (Lipinski definition) is 3. The molecule has 4 N–H and O–H groups in total. The fourth-order valence-corrected chi connectivity index (χ4v) is 1.93. The average Bonchev–Trinajstić information content (AvgIpc) is 2.46. The molecule has 0 aliphatic carbocycles. The number of carbonyl (C=O) groups is 2. The van der Waals surface area contributed by atoms with Crippen LogP contribution in [-0.2, 0) is 9.59 Å². The second-order valence-corrected chi connectivity index (χ2v) is 5.07. The molecule has 0 fully saturated rings. The molecule has 2 aromatic carbocycles. The Morgan fingerprint density at radius 3 is 2.27 bits per heavy atom. The Labute approximate surface area is 135 Å². The number of rotatable bonds is 4. The zero-order valence-electron chi connectivity index (χ0n) is 12.5. The van der Waals surface area contributed by atoms with Gasteiger partial charge < -0.3 is 16.4 Å². The van der Waals surface area contributed by atoms with Gasteiger partial charge in [0, 0.05) is 5.69 Å². The number of halogens is 1. The van der Waals surface area contributed by atoms with Crippen LogP contribution in [0.4, 0.5) is 5.69 Å². The standard InChI is InChI=1S/C16H19N3O2.ClH/c1-10(17)15(20)18-11(2)16(21)19-14-8-7-12-5-3-4-6-13(12)9-14;/h3-11H,17H2,1-2H3,(H,18,20)(H,19,21);1H/t10-,11-;/m1./s1. The van der Waals surface area contributed by atoms with Gasteiger partial charge in [0.1, 0.15) is 6.04 Å². The Hall–Kier alpha value is -2.11. The van der Waals surface area contributed by atoms with E-state index in [0.29, 0.717) is 5.69 Å². The molecule has 2 rings (SSSR count). The lowest BCUT2D eigenvalue weighted by Crippen LogP contribution is -2.47. The summed E-state index contributed by atoms with van der Waals surface area (Å²) in [4.78, 5) is 23.5. The highest BCUT2D eigenvalue weighted by atomic mass is 35.5. The zero-order valence-corrected chi connectivity index (χ0v) is 13.3. The predicted molar refractivity (Wildman–Crippen MR) is 91.1 cm³/mol. The lowest BCUT2D eigenvalue weighted by molar-refractivity contribution is -0.126. The van der Waals surface area contributed by atoms with Gasteiger partial charge in [-0.2, -0.15) is 0 Å². The predicted octanol–water partition coefficient (Wildman–Crippen LogP) is 2.05. The van der Waals surface area contributed by atoms with Crippen molar-refractivity contribution in [3.63, 3.8) is 0 Å². The van der Waals surface area contributed by atoms with E-state index in [2.05, 4.69) is 10.6 Å². The van der Waals surface area contributed by atoms with E-state index < -0.39 is 12.1 Å². The van der Waals surface area contributed by atoms with E-state index in [1.165, 1.54) is 0 Å². The van der Waals surface area contributed by atoms with E-state index in [-0.39, 0.29) is 24.2 Å². The van der Waals surface area contributed by atoms with Crippen LogP contribution in [0.25, 0.3) is 10.8 Å². The number of nitrogens with one attached hydrogen (secondary N) is 2. The first-order valence-electron chi connectivity index (χ1n) is 6.83. The fraction of sp³-hybridized carbons (Fsp3) is 0.250. The second-order valence-electron chi connectivity index (χ2n) is 5.07. The molecule has 0 aliphatic heterocycles. The minimum atomic E-state index is -0.644. The van der Waals surface area contributed by atoms with Crippen LogP contribution >= 0.6 is 12.4 Å². The van der Waals surface area contributed by atoms with Crippen LogP contribution in [-0.4, -0.2) is 23.9 Å². The highest BCUT2D eigenvalue weighted by Gasteiger charge is 2.17. The molecule has 0 spiro atoms. The molecule has 5 nitrogen and oxygen atoms in total. The number of amides is 2. The highest BCUT2D eigenvalue weighted by Crippen LogP contribution is 2.18. The number of benzene rings is 2. The molecule has 0 saturated carbocycles. The maximum atomic E-state index is 12.0. The molecule has 22 heavy (non-hydrogen) atoms. The summed E-state index contributed by atoms with van der Waals surface area (Å²) < 4.78 is 0. The van der Waals surface area contributed by atoms with E-state index in [1.54, 1.807) is 13.8 Å². The molecule has 6 heteroatoms. The molecule has 0 bridgehead atoms. The van der Waals surface area contributed by atoms with Crippen molar-refractivity contribution in [1.82, 2.24) is 5.32 Å². The van der Waals surface area contributed by atoms with Crippen LogP contribution in [0.15, 0.2) is 42.5 Å². The Balaban J connectivity index is 0.00000242. The molecular formula is C16H20ClN3O2. The van der Waals surface area contributed by atoms with Gasteiger partial charge in [0.05, 0.1) is 6.04 Å². The third-order valence-electron chi connectivity index (χ3n) is 3.18. The van der Waals surface area contributed by atoms with E-state index in [4.69, 9.17) is 5.73 Å². The lowest BCUT2D eigenvalue weighted by Gasteiger charge is -2.15. The van der Waals surface area contributed by atoms with Crippen molar-refractivity contribution < 1.29 is 9.59 Å². The third-order valence-corrected chi connectivity index (χ3v) is 3.18. The van der Waals surface area contributed by atoms with E-state index >= 15 is 0 Å². The zero-order chi connectivity index (χ0) is 15.4. The Morgan fingerprint density at radius 1 is 1.00 bits per heavy atom. The van der Waals surface area contributed by atoms with Gasteiger partial charge in [0.2, 0.25) is 11.8 Å². The molecule has 0 aliphatic rings. The van der Waals surface area contributed by atoms with Gasteiger partial charge >= 0.3 is 0 Å². The van der Waals surface area contributed by atoms with Gasteiger partial charge in [-0.05, 0) is 36.8 Å². The van der Waals surface area contributed by atoms with Crippen LogP contribution < -0.4 is 16.4 Å². The molecule has 0 radical (unpaired) electrons. The number of fused-ring (bicyclic) bond motifs is 1. The summed E-state index contributed by atoms with van der Waals surface area (Å²) in [5, 5.41) is 7.49. The molecule has 2 atom stereocenters. The van der Waals surface area contributed by atoms with Gasteiger partial charge in [0.15, 0.2) is 0 Å². The van der Waals surface area contributed by atoms with Crippen LogP contribution in [0.3, 0.4) is 0 Å². The van der Waals surface area contributed by atoms with E-state index in [1.807, 2.05) is 42.5 Å². The number of nitrogens with two attached hydrogens (primary N) is 1. The van der Waals surface area contributed by atoms with Crippen molar-refractivity contribution in [3.05, 3.63) is 42.5 Å².